The highest BCUT2D eigenvalue weighted by Gasteiger charge is 2.10. The molecular weight excluding hydrogens is 208 g/mol. The van der Waals surface area contributed by atoms with Crippen molar-refractivity contribution in [2.45, 2.75) is 26.3 Å². The van der Waals surface area contributed by atoms with E-state index in [1.807, 2.05) is 13.8 Å². The molecule has 0 aliphatic heterocycles. The molecule has 5 nitrogen and oxygen atoms in total. The van der Waals surface area contributed by atoms with E-state index in [1.54, 1.807) is 7.11 Å². The summed E-state index contributed by atoms with van der Waals surface area (Å²) < 4.78 is 10.1. The Hall–Kier alpha value is -0.650. The number of amides is 1. The first-order chi connectivity index (χ1) is 7.72. The van der Waals surface area contributed by atoms with Gasteiger partial charge in [0, 0.05) is 33.4 Å². The molecular formula is C11H24N2O3. The molecule has 0 aromatic carbocycles. The molecule has 0 fully saturated rings. The molecule has 2 N–H and O–H groups in total. The van der Waals surface area contributed by atoms with E-state index in [-0.39, 0.29) is 11.9 Å². The van der Waals surface area contributed by atoms with Gasteiger partial charge in [0.05, 0.1) is 12.6 Å². The standard InChI is InChI=1S/C11H24N2O3/c1-4-16-9-7-12-10(2)11(14)13-6-5-8-15-3/h10,12H,4-9H2,1-3H3,(H,13,14). The first-order valence-corrected chi connectivity index (χ1v) is 5.80. The van der Waals surface area contributed by atoms with Gasteiger partial charge < -0.3 is 20.1 Å². The summed E-state index contributed by atoms with van der Waals surface area (Å²) >= 11 is 0. The Bertz CT molecular complexity index is 177. The van der Waals surface area contributed by atoms with E-state index in [4.69, 9.17) is 9.47 Å². The van der Waals surface area contributed by atoms with Crippen LogP contribution in [0.3, 0.4) is 0 Å². The highest BCUT2D eigenvalue weighted by Crippen LogP contribution is 1.84. The van der Waals surface area contributed by atoms with Crippen LogP contribution in [0.4, 0.5) is 0 Å². The zero-order valence-corrected chi connectivity index (χ0v) is 10.5. The number of nitrogens with one attached hydrogen (secondary N) is 2. The number of rotatable bonds is 10. The van der Waals surface area contributed by atoms with Crippen LogP contribution in [0.15, 0.2) is 0 Å². The van der Waals surface area contributed by atoms with Gasteiger partial charge in [-0.2, -0.15) is 0 Å². The van der Waals surface area contributed by atoms with Gasteiger partial charge in [-0.3, -0.25) is 4.79 Å². The molecule has 0 radical (unpaired) electrons. The van der Waals surface area contributed by atoms with E-state index in [9.17, 15) is 4.79 Å². The fraction of sp³-hybridized carbons (Fsp3) is 0.909. The van der Waals surface area contributed by atoms with Gasteiger partial charge in [-0.05, 0) is 20.3 Å². The van der Waals surface area contributed by atoms with Crippen molar-refractivity contribution in [3.8, 4) is 0 Å². The molecule has 0 aromatic heterocycles. The molecule has 0 aliphatic rings. The third-order valence-corrected chi connectivity index (χ3v) is 2.12. The van der Waals surface area contributed by atoms with Gasteiger partial charge in [0.1, 0.15) is 0 Å². The minimum absolute atomic E-state index is 0.0209. The Labute approximate surface area is 97.9 Å². The van der Waals surface area contributed by atoms with Gasteiger partial charge >= 0.3 is 0 Å². The quantitative estimate of drug-likeness (QED) is 0.527. The third-order valence-electron chi connectivity index (χ3n) is 2.12. The SMILES string of the molecule is CCOCCNC(C)C(=O)NCCCOC. The first-order valence-electron chi connectivity index (χ1n) is 5.80. The molecule has 0 rings (SSSR count). The lowest BCUT2D eigenvalue weighted by Crippen LogP contribution is -2.43. The van der Waals surface area contributed by atoms with E-state index in [2.05, 4.69) is 10.6 Å². The van der Waals surface area contributed by atoms with E-state index in [0.29, 0.717) is 32.9 Å². The van der Waals surface area contributed by atoms with Gasteiger partial charge in [0.25, 0.3) is 0 Å². The number of carbonyl (C=O) groups excluding carboxylic acids is 1. The number of hydrogen-bond donors (Lipinski definition) is 2. The summed E-state index contributed by atoms with van der Waals surface area (Å²) in [6.07, 6.45) is 0.841. The number of hydrogen-bond acceptors (Lipinski definition) is 4. The van der Waals surface area contributed by atoms with E-state index in [1.165, 1.54) is 0 Å². The molecule has 96 valence electrons. The van der Waals surface area contributed by atoms with Crippen LogP contribution in [-0.4, -0.2) is 52.0 Å². The van der Waals surface area contributed by atoms with Crippen LogP contribution in [0, 0.1) is 0 Å². The Balaban J connectivity index is 3.42. The van der Waals surface area contributed by atoms with Crippen molar-refractivity contribution in [2.24, 2.45) is 0 Å². The zero-order chi connectivity index (χ0) is 12.2. The predicted molar refractivity (Wildman–Crippen MR) is 63.5 cm³/mol. The minimum atomic E-state index is -0.178. The number of methoxy groups -OCH3 is 1. The van der Waals surface area contributed by atoms with Crippen molar-refractivity contribution >= 4 is 5.91 Å². The lowest BCUT2D eigenvalue weighted by atomic mass is 10.3. The summed E-state index contributed by atoms with van der Waals surface area (Å²) in [5, 5.41) is 5.93. The van der Waals surface area contributed by atoms with Gasteiger partial charge in [-0.1, -0.05) is 0 Å². The maximum atomic E-state index is 11.5. The summed E-state index contributed by atoms with van der Waals surface area (Å²) in [4.78, 5) is 11.5. The van der Waals surface area contributed by atoms with Gasteiger partial charge in [0.2, 0.25) is 5.91 Å². The maximum Gasteiger partial charge on any atom is 0.236 e. The van der Waals surface area contributed by atoms with Crippen LogP contribution in [0.25, 0.3) is 0 Å². The second kappa shape index (κ2) is 10.9. The molecule has 1 unspecified atom stereocenters. The van der Waals surface area contributed by atoms with Crippen molar-refractivity contribution in [3.05, 3.63) is 0 Å². The maximum absolute atomic E-state index is 11.5. The molecule has 0 spiro atoms. The topological polar surface area (TPSA) is 59.6 Å². The van der Waals surface area contributed by atoms with Crippen LogP contribution >= 0.6 is 0 Å². The van der Waals surface area contributed by atoms with Gasteiger partial charge in [-0.15, -0.1) is 0 Å². The average Bonchev–Trinajstić information content (AvgIpc) is 2.29. The van der Waals surface area contributed by atoms with Crippen LogP contribution in [0.1, 0.15) is 20.3 Å². The Kier molecular flexibility index (Phi) is 10.4. The Morgan fingerprint density at radius 2 is 2.06 bits per heavy atom. The van der Waals surface area contributed by atoms with Crippen molar-refractivity contribution in [1.29, 1.82) is 0 Å². The van der Waals surface area contributed by atoms with Crippen molar-refractivity contribution in [3.63, 3.8) is 0 Å². The molecule has 1 atom stereocenters. The fourth-order valence-electron chi connectivity index (χ4n) is 1.17. The molecule has 16 heavy (non-hydrogen) atoms. The highest BCUT2D eigenvalue weighted by molar-refractivity contribution is 5.81. The lowest BCUT2D eigenvalue weighted by Gasteiger charge is -2.13. The van der Waals surface area contributed by atoms with E-state index < -0.39 is 0 Å². The predicted octanol–water partition coefficient (Wildman–Crippen LogP) is 0.154. The Morgan fingerprint density at radius 3 is 2.69 bits per heavy atom. The summed E-state index contributed by atoms with van der Waals surface area (Å²) in [6, 6.07) is -0.178. The fourth-order valence-corrected chi connectivity index (χ4v) is 1.17. The van der Waals surface area contributed by atoms with Crippen molar-refractivity contribution < 1.29 is 14.3 Å². The second-order valence-corrected chi connectivity index (χ2v) is 3.51. The third kappa shape index (κ3) is 8.64. The normalized spacial score (nSPS) is 12.4. The van der Waals surface area contributed by atoms with Crippen LogP contribution in [-0.2, 0) is 14.3 Å². The van der Waals surface area contributed by atoms with Crippen molar-refractivity contribution in [1.82, 2.24) is 10.6 Å². The van der Waals surface area contributed by atoms with Crippen LogP contribution in [0.5, 0.6) is 0 Å². The molecule has 5 heteroatoms. The van der Waals surface area contributed by atoms with Gasteiger partial charge in [0.15, 0.2) is 0 Å². The molecule has 1 amide bonds. The summed E-state index contributed by atoms with van der Waals surface area (Å²) in [5.41, 5.74) is 0. The molecule has 0 aliphatic carbocycles. The second-order valence-electron chi connectivity index (χ2n) is 3.51. The van der Waals surface area contributed by atoms with E-state index in [0.717, 1.165) is 6.42 Å². The average molecular weight is 232 g/mol. The molecule has 0 saturated carbocycles. The van der Waals surface area contributed by atoms with Gasteiger partial charge in [-0.25, -0.2) is 0 Å². The smallest absolute Gasteiger partial charge is 0.236 e. The summed E-state index contributed by atoms with van der Waals surface area (Å²) in [7, 11) is 1.65. The number of ether oxygens (including phenoxy) is 2. The largest absolute Gasteiger partial charge is 0.385 e. The Morgan fingerprint density at radius 1 is 1.31 bits per heavy atom. The first kappa shape index (κ1) is 15.3. The van der Waals surface area contributed by atoms with Crippen LogP contribution < -0.4 is 10.6 Å². The lowest BCUT2D eigenvalue weighted by molar-refractivity contribution is -0.122. The molecule has 0 bridgehead atoms. The minimum Gasteiger partial charge on any atom is -0.385 e. The van der Waals surface area contributed by atoms with Crippen LogP contribution in [0.2, 0.25) is 0 Å². The van der Waals surface area contributed by atoms with E-state index >= 15 is 0 Å². The van der Waals surface area contributed by atoms with Crippen molar-refractivity contribution in [2.75, 3.05) is 40.0 Å². The molecule has 0 saturated heterocycles. The zero-order valence-electron chi connectivity index (χ0n) is 10.5. The highest BCUT2D eigenvalue weighted by atomic mass is 16.5. The monoisotopic (exact) mass is 232 g/mol. The molecule has 0 aromatic rings. The number of carbonyl (C=O) groups is 1. The summed E-state index contributed by atoms with van der Waals surface area (Å²) in [5.74, 6) is 0.0209. The summed E-state index contributed by atoms with van der Waals surface area (Å²) in [6.45, 7) is 7.16. The molecule has 0 heterocycles.